The van der Waals surface area contributed by atoms with Crippen LogP contribution in [-0.4, -0.2) is 5.91 Å². The molecule has 2 aromatic rings. The lowest BCUT2D eigenvalue weighted by molar-refractivity contribution is -0.137. The molecule has 9 heteroatoms. The smallest absolute Gasteiger partial charge is 0.416 e. The number of aryl methyl sites for hydroxylation is 2. The molecule has 0 bridgehead atoms. The van der Waals surface area contributed by atoms with Gasteiger partial charge in [-0.3, -0.25) is 4.79 Å². The van der Waals surface area contributed by atoms with Gasteiger partial charge in [-0.15, -0.1) is 0 Å². The molecular formula is C16H11ClF3N3O2. The Morgan fingerprint density at radius 1 is 1.20 bits per heavy atom. The molecule has 130 valence electrons. The molecule has 2 rings (SSSR count). The number of alkyl halides is 3. The molecule has 0 aliphatic heterocycles. The van der Waals surface area contributed by atoms with Crippen LogP contribution >= 0.6 is 11.6 Å². The number of carbonyl (C=O) groups is 1. The molecule has 5 nitrogen and oxygen atoms in total. The second kappa shape index (κ2) is 7.04. The lowest BCUT2D eigenvalue weighted by Gasteiger charge is -2.13. The maximum absolute atomic E-state index is 12.6. The zero-order chi connectivity index (χ0) is 18.8. The molecule has 0 fully saturated rings. The Bertz CT molecular complexity index is 868. The van der Waals surface area contributed by atoms with Crippen LogP contribution in [0.25, 0.3) is 10.4 Å². The molecule has 0 radical (unpaired) electrons. The summed E-state index contributed by atoms with van der Waals surface area (Å²) in [5.74, 6) is -0.395. The molecular weight excluding hydrogens is 359 g/mol. The fourth-order valence-electron chi connectivity index (χ4n) is 2.30. The third-order valence-corrected chi connectivity index (χ3v) is 3.64. The van der Waals surface area contributed by atoms with E-state index in [2.05, 4.69) is 10.0 Å². The summed E-state index contributed by atoms with van der Waals surface area (Å²) in [7, 11) is 0. The molecule has 1 amide bonds. The quantitative estimate of drug-likeness (QED) is 0.366. The van der Waals surface area contributed by atoms with Crippen LogP contribution in [0.15, 0.2) is 35.4 Å². The number of halogens is 4. The van der Waals surface area contributed by atoms with Gasteiger partial charge in [-0.25, -0.2) is 0 Å². The van der Waals surface area contributed by atoms with Gasteiger partial charge < -0.3 is 4.74 Å². The minimum atomic E-state index is -4.50. The molecule has 0 unspecified atom stereocenters. The standard InChI is InChI=1S/C16H11ClF3N3O2/c1-8-5-11(6-9(2)14(8)15(24)22-23-21)25-13-4-3-10(7-12(13)17)16(18,19)20/h3-7H,1-2H3. The van der Waals surface area contributed by atoms with Gasteiger partial charge >= 0.3 is 6.18 Å². The van der Waals surface area contributed by atoms with E-state index in [1.165, 1.54) is 12.1 Å². The second-order valence-corrected chi connectivity index (χ2v) is 5.58. The molecule has 0 spiro atoms. The predicted molar refractivity (Wildman–Crippen MR) is 85.9 cm³/mol. The number of benzene rings is 2. The zero-order valence-corrected chi connectivity index (χ0v) is 13.8. The summed E-state index contributed by atoms with van der Waals surface area (Å²) in [6.07, 6.45) is -4.50. The van der Waals surface area contributed by atoms with Crippen molar-refractivity contribution >= 4 is 17.5 Å². The maximum Gasteiger partial charge on any atom is 0.416 e. The highest BCUT2D eigenvalue weighted by Crippen LogP contribution is 2.37. The first-order valence-corrected chi connectivity index (χ1v) is 7.26. The van der Waals surface area contributed by atoms with E-state index in [4.69, 9.17) is 21.9 Å². The molecule has 0 aromatic heterocycles. The van der Waals surface area contributed by atoms with Gasteiger partial charge in [0, 0.05) is 10.5 Å². The van der Waals surface area contributed by atoms with Gasteiger partial charge in [0.05, 0.1) is 10.6 Å². The fraction of sp³-hybridized carbons (Fsp3) is 0.188. The highest BCUT2D eigenvalue weighted by molar-refractivity contribution is 6.32. The molecule has 0 saturated carbocycles. The van der Waals surface area contributed by atoms with Gasteiger partial charge in [0.25, 0.3) is 0 Å². The van der Waals surface area contributed by atoms with E-state index in [1.807, 2.05) is 0 Å². The van der Waals surface area contributed by atoms with E-state index in [9.17, 15) is 18.0 Å². The molecule has 2 aromatic carbocycles. The Morgan fingerprint density at radius 3 is 2.28 bits per heavy atom. The predicted octanol–water partition coefficient (Wildman–Crippen LogP) is 6.22. The van der Waals surface area contributed by atoms with Crippen LogP contribution < -0.4 is 4.74 Å². The van der Waals surface area contributed by atoms with Crippen molar-refractivity contribution in [1.82, 2.24) is 0 Å². The highest BCUT2D eigenvalue weighted by atomic mass is 35.5. The lowest BCUT2D eigenvalue weighted by atomic mass is 10.0. The SMILES string of the molecule is Cc1cc(Oc2ccc(C(F)(F)F)cc2Cl)cc(C)c1C(=O)N=[N+]=[N-]. The van der Waals surface area contributed by atoms with Crippen molar-refractivity contribution in [3.8, 4) is 11.5 Å². The molecule has 0 N–H and O–H groups in total. The van der Waals surface area contributed by atoms with E-state index >= 15 is 0 Å². The van der Waals surface area contributed by atoms with Gasteiger partial charge in [0.2, 0.25) is 5.91 Å². The number of carbonyl (C=O) groups excluding carboxylic acids is 1. The number of rotatable bonds is 3. The van der Waals surface area contributed by atoms with Crippen molar-refractivity contribution in [2.75, 3.05) is 0 Å². The molecule has 0 atom stereocenters. The first-order valence-electron chi connectivity index (χ1n) is 6.88. The minimum Gasteiger partial charge on any atom is -0.456 e. The van der Waals surface area contributed by atoms with Crippen molar-refractivity contribution < 1.29 is 22.7 Å². The lowest BCUT2D eigenvalue weighted by Crippen LogP contribution is -2.04. The van der Waals surface area contributed by atoms with Crippen molar-refractivity contribution in [3.63, 3.8) is 0 Å². The first kappa shape index (κ1) is 18.6. The fourth-order valence-corrected chi connectivity index (χ4v) is 2.52. The van der Waals surface area contributed by atoms with Gasteiger partial charge in [-0.05, 0) is 66.0 Å². The summed E-state index contributed by atoms with van der Waals surface area (Å²) < 4.78 is 43.5. The molecule has 0 heterocycles. The van der Waals surface area contributed by atoms with Crippen molar-refractivity contribution in [2.24, 2.45) is 5.11 Å². The van der Waals surface area contributed by atoms with E-state index in [-0.39, 0.29) is 22.1 Å². The summed E-state index contributed by atoms with van der Waals surface area (Å²) >= 11 is 5.85. The Labute approximate surface area is 145 Å². The summed E-state index contributed by atoms with van der Waals surface area (Å²) in [4.78, 5) is 14.2. The third kappa shape index (κ3) is 4.23. The Balaban J connectivity index is 2.36. The van der Waals surface area contributed by atoms with Crippen molar-refractivity contribution in [2.45, 2.75) is 20.0 Å². The molecule has 25 heavy (non-hydrogen) atoms. The summed E-state index contributed by atoms with van der Waals surface area (Å²) in [5.41, 5.74) is 8.71. The summed E-state index contributed by atoms with van der Waals surface area (Å²) in [6, 6.07) is 5.76. The second-order valence-electron chi connectivity index (χ2n) is 5.17. The van der Waals surface area contributed by atoms with Crippen LogP contribution in [0.4, 0.5) is 13.2 Å². The summed E-state index contributed by atoms with van der Waals surface area (Å²) in [5, 5.41) is 2.86. The number of amides is 1. The number of hydrogen-bond acceptors (Lipinski definition) is 2. The van der Waals surface area contributed by atoms with Crippen LogP contribution in [0, 0.1) is 13.8 Å². The average molecular weight is 370 g/mol. The highest BCUT2D eigenvalue weighted by Gasteiger charge is 2.31. The Kier molecular flexibility index (Phi) is 5.25. The number of ether oxygens (including phenoxy) is 1. The van der Waals surface area contributed by atoms with Gasteiger partial charge in [-0.2, -0.15) is 13.2 Å². The molecule has 0 aliphatic carbocycles. The van der Waals surface area contributed by atoms with Crippen LogP contribution in [0.2, 0.25) is 5.02 Å². The van der Waals surface area contributed by atoms with Crippen LogP contribution in [0.3, 0.4) is 0 Å². The largest absolute Gasteiger partial charge is 0.456 e. The van der Waals surface area contributed by atoms with Crippen molar-refractivity contribution in [3.05, 3.63) is 68.1 Å². The molecule has 0 saturated heterocycles. The minimum absolute atomic E-state index is 0.0441. The summed E-state index contributed by atoms with van der Waals surface area (Å²) in [6.45, 7) is 3.24. The van der Waals surface area contributed by atoms with Crippen LogP contribution in [0.5, 0.6) is 11.5 Å². The zero-order valence-electron chi connectivity index (χ0n) is 13.1. The van der Waals surface area contributed by atoms with E-state index in [0.29, 0.717) is 11.1 Å². The van der Waals surface area contributed by atoms with Gasteiger partial charge in [0.15, 0.2) is 0 Å². The maximum atomic E-state index is 12.6. The van der Waals surface area contributed by atoms with Gasteiger partial charge in [0.1, 0.15) is 11.5 Å². The number of nitrogens with zero attached hydrogens (tertiary/aromatic N) is 3. The van der Waals surface area contributed by atoms with E-state index in [1.54, 1.807) is 13.8 Å². The van der Waals surface area contributed by atoms with E-state index in [0.717, 1.165) is 18.2 Å². The number of hydrogen-bond donors (Lipinski definition) is 0. The third-order valence-electron chi connectivity index (χ3n) is 3.34. The number of azide groups is 1. The van der Waals surface area contributed by atoms with Crippen LogP contribution in [0.1, 0.15) is 27.0 Å². The van der Waals surface area contributed by atoms with Crippen LogP contribution in [-0.2, 0) is 6.18 Å². The first-order chi connectivity index (χ1) is 11.6. The monoisotopic (exact) mass is 369 g/mol. The Morgan fingerprint density at radius 2 is 1.80 bits per heavy atom. The Hall–Kier alpha value is -2.70. The van der Waals surface area contributed by atoms with Crippen molar-refractivity contribution in [1.29, 1.82) is 0 Å². The van der Waals surface area contributed by atoms with E-state index < -0.39 is 17.6 Å². The topological polar surface area (TPSA) is 75.1 Å². The molecule has 0 aliphatic rings. The normalized spacial score (nSPS) is 11.0. The van der Waals surface area contributed by atoms with Gasteiger partial charge in [-0.1, -0.05) is 11.6 Å². The average Bonchev–Trinajstić information content (AvgIpc) is 2.47.